The Hall–Kier alpha value is -2.43. The van der Waals surface area contributed by atoms with E-state index in [0.29, 0.717) is 18.9 Å². The van der Waals surface area contributed by atoms with Crippen molar-refractivity contribution in [2.45, 2.75) is 13.3 Å². The lowest BCUT2D eigenvalue weighted by atomic mass is 10.3. The number of carbonyl (C=O) groups is 1. The summed E-state index contributed by atoms with van der Waals surface area (Å²) in [4.78, 5) is 19.9. The van der Waals surface area contributed by atoms with Gasteiger partial charge in [0.15, 0.2) is 0 Å². The maximum Gasteiger partial charge on any atom is 0.226 e. The predicted molar refractivity (Wildman–Crippen MR) is 74.9 cm³/mol. The van der Waals surface area contributed by atoms with Crippen molar-refractivity contribution in [1.82, 2.24) is 9.97 Å². The number of para-hydroxylation sites is 1. The summed E-state index contributed by atoms with van der Waals surface area (Å²) in [7, 11) is 0. The van der Waals surface area contributed by atoms with Crippen molar-refractivity contribution in [3.8, 4) is 0 Å². The van der Waals surface area contributed by atoms with Gasteiger partial charge < -0.3 is 10.6 Å². The molecular weight excluding hydrogens is 240 g/mol. The molecule has 1 aromatic heterocycles. The molecule has 0 radical (unpaired) electrons. The lowest BCUT2D eigenvalue weighted by Crippen LogP contribution is -2.17. The standard InChI is InChI=1S/C14H16N4O/c1-11-7-9-15-14(17-11)16-10-8-13(19)18-12-5-3-2-4-6-12/h2-7,9H,8,10H2,1H3,(H,18,19)(H,15,16,17). The van der Waals surface area contributed by atoms with Gasteiger partial charge in [0.25, 0.3) is 0 Å². The van der Waals surface area contributed by atoms with Crippen molar-refractivity contribution in [2.24, 2.45) is 0 Å². The number of carbonyl (C=O) groups excluding carboxylic acids is 1. The predicted octanol–water partition coefficient (Wildman–Crippen LogP) is 2.23. The van der Waals surface area contributed by atoms with E-state index < -0.39 is 0 Å². The van der Waals surface area contributed by atoms with Gasteiger partial charge in [-0.05, 0) is 25.1 Å². The fourth-order valence-corrected chi connectivity index (χ4v) is 1.57. The molecule has 5 heteroatoms. The van der Waals surface area contributed by atoms with Crippen molar-refractivity contribution in [1.29, 1.82) is 0 Å². The van der Waals surface area contributed by atoms with Gasteiger partial charge in [-0.2, -0.15) is 0 Å². The van der Waals surface area contributed by atoms with Crippen LogP contribution in [0.15, 0.2) is 42.6 Å². The van der Waals surface area contributed by atoms with Crippen LogP contribution in [0.4, 0.5) is 11.6 Å². The van der Waals surface area contributed by atoms with Crippen molar-refractivity contribution < 1.29 is 4.79 Å². The Morgan fingerprint density at radius 2 is 2.00 bits per heavy atom. The summed E-state index contributed by atoms with van der Waals surface area (Å²) < 4.78 is 0. The molecule has 2 N–H and O–H groups in total. The zero-order valence-corrected chi connectivity index (χ0v) is 10.8. The minimum absolute atomic E-state index is 0.0358. The van der Waals surface area contributed by atoms with E-state index in [1.54, 1.807) is 6.20 Å². The number of hydrogen-bond acceptors (Lipinski definition) is 4. The van der Waals surface area contributed by atoms with Gasteiger partial charge in [0.1, 0.15) is 0 Å². The van der Waals surface area contributed by atoms with Gasteiger partial charge >= 0.3 is 0 Å². The minimum atomic E-state index is -0.0358. The summed E-state index contributed by atoms with van der Waals surface area (Å²) in [6, 6.07) is 11.2. The first kappa shape index (κ1) is 13.0. The fourth-order valence-electron chi connectivity index (χ4n) is 1.57. The molecule has 98 valence electrons. The van der Waals surface area contributed by atoms with Gasteiger partial charge in [-0.1, -0.05) is 18.2 Å². The molecule has 0 bridgehead atoms. The van der Waals surface area contributed by atoms with E-state index in [9.17, 15) is 4.79 Å². The third-order valence-corrected chi connectivity index (χ3v) is 2.49. The largest absolute Gasteiger partial charge is 0.354 e. The monoisotopic (exact) mass is 256 g/mol. The molecule has 0 aliphatic carbocycles. The number of amides is 1. The molecule has 1 heterocycles. The van der Waals surface area contributed by atoms with Crippen molar-refractivity contribution in [2.75, 3.05) is 17.2 Å². The maximum atomic E-state index is 11.7. The smallest absolute Gasteiger partial charge is 0.226 e. The Morgan fingerprint density at radius 1 is 1.21 bits per heavy atom. The van der Waals surface area contributed by atoms with Gasteiger partial charge in [0.2, 0.25) is 11.9 Å². The molecule has 2 rings (SSSR count). The molecule has 0 fully saturated rings. The number of rotatable bonds is 5. The van der Waals surface area contributed by atoms with Crippen molar-refractivity contribution in [3.63, 3.8) is 0 Å². The third kappa shape index (κ3) is 4.39. The van der Waals surface area contributed by atoms with Gasteiger partial charge in [0, 0.05) is 30.5 Å². The first-order valence-corrected chi connectivity index (χ1v) is 6.12. The zero-order valence-electron chi connectivity index (χ0n) is 10.8. The SMILES string of the molecule is Cc1ccnc(NCCC(=O)Nc2ccccc2)n1. The molecule has 1 amide bonds. The quantitative estimate of drug-likeness (QED) is 0.860. The van der Waals surface area contributed by atoms with Crippen molar-refractivity contribution >= 4 is 17.5 Å². The molecule has 0 atom stereocenters. The van der Waals surface area contributed by atoms with Gasteiger partial charge in [-0.3, -0.25) is 4.79 Å². The van der Waals surface area contributed by atoms with E-state index in [2.05, 4.69) is 20.6 Å². The molecule has 5 nitrogen and oxygen atoms in total. The maximum absolute atomic E-state index is 11.7. The van der Waals surface area contributed by atoms with Crippen LogP contribution in [0.2, 0.25) is 0 Å². The first-order valence-electron chi connectivity index (χ1n) is 6.12. The number of aromatic nitrogens is 2. The Bertz CT molecular complexity index is 542. The average molecular weight is 256 g/mol. The van der Waals surface area contributed by atoms with Crippen molar-refractivity contribution in [3.05, 3.63) is 48.3 Å². The van der Waals surface area contributed by atoms with Gasteiger partial charge in [0.05, 0.1) is 0 Å². The van der Waals surface area contributed by atoms with Crippen LogP contribution < -0.4 is 10.6 Å². The van der Waals surface area contributed by atoms with E-state index in [1.807, 2.05) is 43.3 Å². The second-order valence-corrected chi connectivity index (χ2v) is 4.11. The topological polar surface area (TPSA) is 66.9 Å². The molecule has 0 unspecified atom stereocenters. The molecule has 0 aliphatic heterocycles. The lowest BCUT2D eigenvalue weighted by Gasteiger charge is -2.06. The van der Waals surface area contributed by atoms with Crippen LogP contribution in [0, 0.1) is 6.92 Å². The molecule has 0 spiro atoms. The van der Waals surface area contributed by atoms with Crippen LogP contribution in [0.1, 0.15) is 12.1 Å². The van der Waals surface area contributed by atoms with E-state index in [0.717, 1.165) is 11.4 Å². The van der Waals surface area contributed by atoms with Gasteiger partial charge in [-0.25, -0.2) is 9.97 Å². The number of aryl methyl sites for hydroxylation is 1. The van der Waals surface area contributed by atoms with Crippen LogP contribution in [-0.4, -0.2) is 22.4 Å². The van der Waals surface area contributed by atoms with Crippen LogP contribution >= 0.6 is 0 Å². The summed E-state index contributed by atoms with van der Waals surface area (Å²) in [6.07, 6.45) is 2.06. The number of anilines is 2. The molecule has 1 aromatic carbocycles. The summed E-state index contributed by atoms with van der Waals surface area (Å²) >= 11 is 0. The minimum Gasteiger partial charge on any atom is -0.354 e. The number of hydrogen-bond donors (Lipinski definition) is 2. The lowest BCUT2D eigenvalue weighted by molar-refractivity contribution is -0.115. The number of nitrogens with one attached hydrogen (secondary N) is 2. The summed E-state index contributed by atoms with van der Waals surface area (Å²) in [5.74, 6) is 0.513. The second kappa shape index (κ2) is 6.49. The Balaban J connectivity index is 1.75. The van der Waals surface area contributed by atoms with Gasteiger partial charge in [-0.15, -0.1) is 0 Å². The highest BCUT2D eigenvalue weighted by molar-refractivity contribution is 5.90. The molecule has 19 heavy (non-hydrogen) atoms. The Kier molecular flexibility index (Phi) is 4.44. The summed E-state index contributed by atoms with van der Waals surface area (Å²) in [5.41, 5.74) is 1.70. The normalized spacial score (nSPS) is 9.95. The average Bonchev–Trinajstić information content (AvgIpc) is 2.40. The molecule has 0 aliphatic rings. The van der Waals surface area contributed by atoms with Crippen LogP contribution in [0.5, 0.6) is 0 Å². The molecular formula is C14H16N4O. The van der Waals surface area contributed by atoms with E-state index >= 15 is 0 Å². The Morgan fingerprint density at radius 3 is 2.74 bits per heavy atom. The van der Waals surface area contributed by atoms with Crippen LogP contribution in [0.25, 0.3) is 0 Å². The highest BCUT2D eigenvalue weighted by Crippen LogP contribution is 2.05. The van der Waals surface area contributed by atoms with E-state index in [-0.39, 0.29) is 5.91 Å². The first-order chi connectivity index (χ1) is 9.24. The second-order valence-electron chi connectivity index (χ2n) is 4.11. The number of benzene rings is 1. The van der Waals surface area contributed by atoms with E-state index in [4.69, 9.17) is 0 Å². The zero-order chi connectivity index (χ0) is 13.5. The fraction of sp³-hybridized carbons (Fsp3) is 0.214. The summed E-state index contributed by atoms with van der Waals surface area (Å²) in [5, 5.41) is 5.84. The third-order valence-electron chi connectivity index (χ3n) is 2.49. The number of nitrogens with zero attached hydrogens (tertiary/aromatic N) is 2. The van der Waals surface area contributed by atoms with E-state index in [1.165, 1.54) is 0 Å². The summed E-state index contributed by atoms with van der Waals surface area (Å²) in [6.45, 7) is 2.40. The Labute approximate surface area is 112 Å². The molecule has 0 saturated heterocycles. The highest BCUT2D eigenvalue weighted by Gasteiger charge is 2.02. The van der Waals surface area contributed by atoms with Crippen LogP contribution in [-0.2, 0) is 4.79 Å². The molecule has 2 aromatic rings. The highest BCUT2D eigenvalue weighted by atomic mass is 16.1. The molecule has 0 saturated carbocycles. The van der Waals surface area contributed by atoms with Crippen LogP contribution in [0.3, 0.4) is 0 Å².